The van der Waals surface area contributed by atoms with Gasteiger partial charge in [0.15, 0.2) is 11.5 Å². The van der Waals surface area contributed by atoms with Crippen LogP contribution in [0.4, 0.5) is 0 Å². The number of fused-ring (bicyclic) bond motifs is 1. The van der Waals surface area contributed by atoms with Crippen LogP contribution in [0.2, 0.25) is 5.02 Å². The molecule has 0 unspecified atom stereocenters. The minimum absolute atomic E-state index is 0.0878. The molecule has 1 N–H and O–H groups in total. The predicted molar refractivity (Wildman–Crippen MR) is 140 cm³/mol. The van der Waals surface area contributed by atoms with Crippen molar-refractivity contribution in [3.05, 3.63) is 94.5 Å². The maximum atomic E-state index is 13.7. The summed E-state index contributed by atoms with van der Waals surface area (Å²) in [4.78, 5) is 28.7. The summed E-state index contributed by atoms with van der Waals surface area (Å²) in [5.41, 5.74) is 2.89. The normalized spacial score (nSPS) is 12.7. The molecule has 0 saturated heterocycles. The Morgan fingerprint density at radius 3 is 2.42 bits per heavy atom. The third kappa shape index (κ3) is 6.79. The number of aryl methyl sites for hydroxylation is 1. The van der Waals surface area contributed by atoms with E-state index in [4.69, 9.17) is 21.1 Å². The summed E-state index contributed by atoms with van der Waals surface area (Å²) in [6.45, 7) is 3.09. The fraction of sp³-hybridized carbons (Fsp3) is 0.310. The monoisotopic (exact) mass is 506 g/mol. The Hall–Kier alpha value is -3.51. The highest BCUT2D eigenvalue weighted by molar-refractivity contribution is 6.30. The molecule has 36 heavy (non-hydrogen) atoms. The molecular weight excluding hydrogens is 476 g/mol. The van der Waals surface area contributed by atoms with Gasteiger partial charge >= 0.3 is 0 Å². The van der Waals surface area contributed by atoms with Crippen molar-refractivity contribution in [2.24, 2.45) is 0 Å². The van der Waals surface area contributed by atoms with Gasteiger partial charge in [0.1, 0.15) is 6.04 Å². The molecule has 6 nitrogen and oxygen atoms in total. The Kier molecular flexibility index (Phi) is 8.85. The molecule has 0 fully saturated rings. The first-order valence-electron chi connectivity index (χ1n) is 12.3. The van der Waals surface area contributed by atoms with Crippen LogP contribution in [0.3, 0.4) is 0 Å². The maximum Gasteiger partial charge on any atom is 0.243 e. The smallest absolute Gasteiger partial charge is 0.243 e. The van der Waals surface area contributed by atoms with Crippen molar-refractivity contribution in [3.8, 4) is 11.5 Å². The van der Waals surface area contributed by atoms with Crippen LogP contribution in [0.1, 0.15) is 36.5 Å². The minimum atomic E-state index is -0.640. The number of hydrogen-bond acceptors (Lipinski definition) is 4. The number of halogens is 1. The minimum Gasteiger partial charge on any atom is -0.454 e. The van der Waals surface area contributed by atoms with Crippen LogP contribution in [0.5, 0.6) is 11.5 Å². The molecule has 1 aliphatic rings. The molecule has 0 bridgehead atoms. The summed E-state index contributed by atoms with van der Waals surface area (Å²) in [5.74, 6) is 1.17. The molecule has 1 atom stereocenters. The first kappa shape index (κ1) is 25.6. The Balaban J connectivity index is 1.57. The first-order chi connectivity index (χ1) is 17.5. The largest absolute Gasteiger partial charge is 0.454 e. The SMILES string of the molecule is CCCNC(=O)[C@H](Cc1ccccc1)N(Cc1ccc(Cl)cc1)C(=O)CCc1ccc2c(c1)OCO2. The molecule has 3 aromatic carbocycles. The molecule has 188 valence electrons. The van der Waals surface area contributed by atoms with Gasteiger partial charge in [-0.25, -0.2) is 0 Å². The van der Waals surface area contributed by atoms with Gasteiger partial charge in [-0.3, -0.25) is 9.59 Å². The van der Waals surface area contributed by atoms with E-state index in [-0.39, 0.29) is 25.0 Å². The Bertz CT molecular complexity index is 1170. The lowest BCUT2D eigenvalue weighted by Crippen LogP contribution is -2.50. The molecular formula is C29H31ClN2O4. The van der Waals surface area contributed by atoms with Crippen LogP contribution in [0.25, 0.3) is 0 Å². The van der Waals surface area contributed by atoms with E-state index in [0.29, 0.717) is 42.5 Å². The molecule has 1 aliphatic heterocycles. The van der Waals surface area contributed by atoms with E-state index < -0.39 is 6.04 Å². The number of benzene rings is 3. The van der Waals surface area contributed by atoms with E-state index in [0.717, 1.165) is 23.1 Å². The molecule has 7 heteroatoms. The Labute approximate surface area is 217 Å². The zero-order chi connectivity index (χ0) is 25.3. The van der Waals surface area contributed by atoms with Gasteiger partial charge in [-0.05, 0) is 53.8 Å². The summed E-state index contributed by atoms with van der Waals surface area (Å²) in [6.07, 6.45) is 2.04. The van der Waals surface area contributed by atoms with E-state index in [1.807, 2.05) is 67.6 Å². The van der Waals surface area contributed by atoms with Crippen molar-refractivity contribution in [2.75, 3.05) is 13.3 Å². The lowest BCUT2D eigenvalue weighted by atomic mass is 10.0. The van der Waals surface area contributed by atoms with Crippen molar-refractivity contribution in [1.29, 1.82) is 0 Å². The van der Waals surface area contributed by atoms with Gasteiger partial charge in [0, 0.05) is 31.0 Å². The number of carbonyl (C=O) groups is 2. The van der Waals surface area contributed by atoms with Crippen molar-refractivity contribution in [2.45, 2.75) is 45.2 Å². The highest BCUT2D eigenvalue weighted by Gasteiger charge is 2.30. The second-order valence-corrected chi connectivity index (χ2v) is 9.27. The van der Waals surface area contributed by atoms with E-state index >= 15 is 0 Å². The molecule has 0 spiro atoms. The topological polar surface area (TPSA) is 67.9 Å². The lowest BCUT2D eigenvalue weighted by Gasteiger charge is -2.31. The molecule has 0 aromatic heterocycles. The number of ether oxygens (including phenoxy) is 2. The van der Waals surface area contributed by atoms with Gasteiger partial charge in [-0.1, -0.05) is 67.1 Å². The van der Waals surface area contributed by atoms with Crippen molar-refractivity contribution < 1.29 is 19.1 Å². The second-order valence-electron chi connectivity index (χ2n) is 8.83. The molecule has 0 radical (unpaired) electrons. The average Bonchev–Trinajstić information content (AvgIpc) is 3.37. The molecule has 3 aromatic rings. The van der Waals surface area contributed by atoms with E-state index in [2.05, 4.69) is 5.32 Å². The summed E-state index contributed by atoms with van der Waals surface area (Å²) >= 11 is 6.08. The average molecular weight is 507 g/mol. The van der Waals surface area contributed by atoms with Crippen molar-refractivity contribution >= 4 is 23.4 Å². The summed E-state index contributed by atoms with van der Waals surface area (Å²) < 4.78 is 10.9. The molecule has 1 heterocycles. The number of carbonyl (C=O) groups excluding carboxylic acids is 2. The van der Waals surface area contributed by atoms with E-state index in [9.17, 15) is 9.59 Å². The summed E-state index contributed by atoms with van der Waals surface area (Å²) in [5, 5.41) is 3.63. The van der Waals surface area contributed by atoms with Crippen molar-refractivity contribution in [3.63, 3.8) is 0 Å². The van der Waals surface area contributed by atoms with Crippen LogP contribution in [-0.4, -0.2) is 36.1 Å². The third-order valence-electron chi connectivity index (χ3n) is 6.15. The Morgan fingerprint density at radius 1 is 0.944 bits per heavy atom. The standard InChI is InChI=1S/C29H31ClN2O4/c1-2-16-31-29(34)25(17-21-6-4-3-5-7-21)32(19-23-8-12-24(30)13-9-23)28(33)15-11-22-10-14-26-27(18-22)36-20-35-26/h3-10,12-14,18,25H,2,11,15-17,19-20H2,1H3,(H,31,34)/t25-/m0/s1. The number of hydrogen-bond donors (Lipinski definition) is 1. The third-order valence-corrected chi connectivity index (χ3v) is 6.40. The van der Waals surface area contributed by atoms with E-state index in [1.165, 1.54) is 0 Å². The van der Waals surface area contributed by atoms with Crippen LogP contribution in [-0.2, 0) is 29.0 Å². The number of rotatable bonds is 11. The van der Waals surface area contributed by atoms with Gasteiger partial charge in [0.25, 0.3) is 0 Å². The van der Waals surface area contributed by atoms with Gasteiger partial charge in [0.2, 0.25) is 18.6 Å². The van der Waals surface area contributed by atoms with Gasteiger partial charge in [-0.2, -0.15) is 0 Å². The zero-order valence-electron chi connectivity index (χ0n) is 20.4. The van der Waals surface area contributed by atoms with E-state index in [1.54, 1.807) is 17.0 Å². The Morgan fingerprint density at radius 2 is 1.67 bits per heavy atom. The fourth-order valence-electron chi connectivity index (χ4n) is 4.20. The quantitative estimate of drug-likeness (QED) is 0.389. The molecule has 2 amide bonds. The molecule has 0 aliphatic carbocycles. The summed E-state index contributed by atoms with van der Waals surface area (Å²) in [6, 6.07) is 22.3. The maximum absolute atomic E-state index is 13.7. The van der Waals surface area contributed by atoms with Crippen molar-refractivity contribution in [1.82, 2.24) is 10.2 Å². The summed E-state index contributed by atoms with van der Waals surface area (Å²) in [7, 11) is 0. The molecule has 4 rings (SSSR count). The second kappa shape index (κ2) is 12.5. The first-order valence-corrected chi connectivity index (χ1v) is 12.7. The van der Waals surface area contributed by atoms with Crippen LogP contribution < -0.4 is 14.8 Å². The fourth-order valence-corrected chi connectivity index (χ4v) is 4.32. The van der Waals surface area contributed by atoms with Crippen LogP contribution >= 0.6 is 11.6 Å². The van der Waals surface area contributed by atoms with Gasteiger partial charge < -0.3 is 19.7 Å². The van der Waals surface area contributed by atoms with Gasteiger partial charge in [0.05, 0.1) is 0 Å². The van der Waals surface area contributed by atoms with Crippen LogP contribution in [0.15, 0.2) is 72.8 Å². The lowest BCUT2D eigenvalue weighted by molar-refractivity contribution is -0.141. The van der Waals surface area contributed by atoms with Gasteiger partial charge in [-0.15, -0.1) is 0 Å². The number of amides is 2. The predicted octanol–water partition coefficient (Wildman–Crippen LogP) is 5.17. The highest BCUT2D eigenvalue weighted by Crippen LogP contribution is 2.33. The highest BCUT2D eigenvalue weighted by atomic mass is 35.5. The van der Waals surface area contributed by atoms with Crippen LogP contribution in [0, 0.1) is 0 Å². The molecule has 0 saturated carbocycles. The number of nitrogens with one attached hydrogen (secondary N) is 1. The zero-order valence-corrected chi connectivity index (χ0v) is 21.2. The number of nitrogens with zero attached hydrogens (tertiary/aromatic N) is 1.